The van der Waals surface area contributed by atoms with Gasteiger partial charge in [0.05, 0.1) is 32.8 Å². The maximum absolute atomic E-state index is 14.3. The molecule has 0 unspecified atom stereocenters. The summed E-state index contributed by atoms with van der Waals surface area (Å²) in [5.74, 6) is -1.89. The number of carbonyl (C=O) groups excluding carboxylic acids is 1. The minimum Gasteiger partial charge on any atom is -0.464 e. The molecule has 1 rings (SSSR count). The van der Waals surface area contributed by atoms with Crippen LogP contribution >= 0.6 is 0 Å². The maximum Gasteiger partial charge on any atom is 0.346 e. The molecule has 26 heavy (non-hydrogen) atoms. The van der Waals surface area contributed by atoms with E-state index in [0.29, 0.717) is 13.2 Å². The molecule has 0 aromatic heterocycles. The van der Waals surface area contributed by atoms with Crippen LogP contribution in [0, 0.1) is 5.82 Å². The number of rotatable bonds is 14. The summed E-state index contributed by atoms with van der Waals surface area (Å²) in [6.07, 6.45) is -0.348. The van der Waals surface area contributed by atoms with Crippen molar-refractivity contribution in [2.45, 2.75) is 6.42 Å². The van der Waals surface area contributed by atoms with Crippen molar-refractivity contribution in [1.82, 2.24) is 0 Å². The number of hydrogen-bond donors (Lipinski definition) is 1. The molecule has 0 bridgehead atoms. The molecule has 1 aromatic rings. The first-order chi connectivity index (χ1) is 12.6. The van der Waals surface area contributed by atoms with Crippen molar-refractivity contribution in [3.05, 3.63) is 23.5 Å². The van der Waals surface area contributed by atoms with Gasteiger partial charge in [-0.15, -0.1) is 0 Å². The van der Waals surface area contributed by atoms with Crippen molar-refractivity contribution in [3.63, 3.8) is 0 Å². The first-order valence-corrected chi connectivity index (χ1v) is 7.68. The van der Waals surface area contributed by atoms with Crippen LogP contribution in [-0.4, -0.2) is 65.5 Å². The van der Waals surface area contributed by atoms with Gasteiger partial charge in [-0.1, -0.05) is 0 Å². The second-order valence-corrected chi connectivity index (χ2v) is 4.87. The minimum absolute atomic E-state index is 0.0125. The van der Waals surface area contributed by atoms with Gasteiger partial charge >= 0.3 is 5.97 Å². The Labute approximate surface area is 150 Å². The number of methoxy groups -OCH3 is 2. The number of benzene rings is 1. The van der Waals surface area contributed by atoms with Crippen molar-refractivity contribution >= 4 is 5.97 Å². The van der Waals surface area contributed by atoms with E-state index in [4.69, 9.17) is 33.7 Å². The minimum atomic E-state index is -0.941. The van der Waals surface area contributed by atoms with Crippen LogP contribution in [0.25, 0.3) is 0 Å². The van der Waals surface area contributed by atoms with Crippen molar-refractivity contribution < 1.29 is 47.8 Å². The van der Waals surface area contributed by atoms with Gasteiger partial charge in [0.15, 0.2) is 30.9 Å². The molecular formula is C16H23FO9. The fourth-order valence-electron chi connectivity index (χ4n) is 1.78. The lowest BCUT2D eigenvalue weighted by molar-refractivity contribution is -0.233. The predicted molar refractivity (Wildman–Crippen MR) is 85.5 cm³/mol. The first kappa shape index (κ1) is 22.1. The van der Waals surface area contributed by atoms with Crippen LogP contribution in [0.3, 0.4) is 0 Å². The van der Waals surface area contributed by atoms with Gasteiger partial charge in [0.25, 0.3) is 0 Å². The average Bonchev–Trinajstić information content (AvgIpc) is 2.63. The lowest BCUT2D eigenvalue weighted by Gasteiger charge is -2.15. The highest BCUT2D eigenvalue weighted by Crippen LogP contribution is 2.32. The van der Waals surface area contributed by atoms with E-state index >= 15 is 0 Å². The Hall–Kier alpha value is -1.98. The normalized spacial score (nSPS) is 10.6. The number of hydrogen-bond acceptors (Lipinski definition) is 9. The Kier molecular flexibility index (Phi) is 11.2. The lowest BCUT2D eigenvalue weighted by atomic mass is 10.1. The van der Waals surface area contributed by atoms with Gasteiger partial charge in [-0.05, 0) is 17.7 Å². The third-order valence-corrected chi connectivity index (χ3v) is 2.97. The van der Waals surface area contributed by atoms with Gasteiger partial charge in [-0.2, -0.15) is 5.26 Å². The summed E-state index contributed by atoms with van der Waals surface area (Å²) in [5.41, 5.74) is 0.223. The van der Waals surface area contributed by atoms with Crippen molar-refractivity contribution in [2.75, 3.05) is 54.2 Å². The van der Waals surface area contributed by atoms with E-state index < -0.39 is 11.8 Å². The van der Waals surface area contributed by atoms with E-state index in [1.54, 1.807) is 0 Å². The van der Waals surface area contributed by atoms with Crippen LogP contribution in [0.2, 0.25) is 0 Å². The quantitative estimate of drug-likeness (QED) is 0.223. The smallest absolute Gasteiger partial charge is 0.346 e. The van der Waals surface area contributed by atoms with Gasteiger partial charge in [0.2, 0.25) is 0 Å². The summed E-state index contributed by atoms with van der Waals surface area (Å²) in [7, 11) is 3.05. The molecule has 0 aliphatic rings. The fraction of sp³-hybridized carbons (Fsp3) is 0.562. The van der Waals surface area contributed by atoms with E-state index in [2.05, 4.69) is 4.89 Å². The molecule has 0 saturated heterocycles. The van der Waals surface area contributed by atoms with Crippen LogP contribution in [0.15, 0.2) is 12.1 Å². The van der Waals surface area contributed by atoms with Gasteiger partial charge in [0.1, 0.15) is 0 Å². The van der Waals surface area contributed by atoms with Crippen LogP contribution in [-0.2, 0) is 35.1 Å². The third kappa shape index (κ3) is 8.41. The molecule has 0 atom stereocenters. The molecular weight excluding hydrogens is 355 g/mol. The zero-order chi connectivity index (χ0) is 19.2. The second kappa shape index (κ2) is 13.3. The molecule has 0 amide bonds. The van der Waals surface area contributed by atoms with Crippen LogP contribution < -0.4 is 9.47 Å². The van der Waals surface area contributed by atoms with E-state index in [1.165, 1.54) is 20.3 Å². The fourth-order valence-corrected chi connectivity index (χ4v) is 1.78. The van der Waals surface area contributed by atoms with Gasteiger partial charge in [-0.3, -0.25) is 0 Å². The van der Waals surface area contributed by atoms with E-state index in [-0.39, 0.29) is 50.3 Å². The summed E-state index contributed by atoms with van der Waals surface area (Å²) in [4.78, 5) is 14.7. The first-order valence-electron chi connectivity index (χ1n) is 7.68. The molecule has 148 valence electrons. The number of carbonyl (C=O) groups is 1. The van der Waals surface area contributed by atoms with E-state index in [9.17, 15) is 9.18 Å². The lowest BCUT2D eigenvalue weighted by Crippen LogP contribution is -2.12. The third-order valence-electron chi connectivity index (χ3n) is 2.97. The monoisotopic (exact) mass is 378 g/mol. The largest absolute Gasteiger partial charge is 0.464 e. The Bertz CT molecular complexity index is 539. The van der Waals surface area contributed by atoms with Crippen LogP contribution in [0.1, 0.15) is 5.56 Å². The highest BCUT2D eigenvalue weighted by Gasteiger charge is 2.16. The molecule has 0 radical (unpaired) electrons. The molecule has 0 fully saturated rings. The zero-order valence-electron chi connectivity index (χ0n) is 14.7. The topological polar surface area (TPSA) is 102 Å². The zero-order valence-corrected chi connectivity index (χ0v) is 14.7. The summed E-state index contributed by atoms with van der Waals surface area (Å²) in [6, 6.07) is 2.45. The van der Waals surface area contributed by atoms with Crippen molar-refractivity contribution in [3.8, 4) is 11.5 Å². The molecule has 1 aromatic carbocycles. The number of halogens is 1. The Balaban J connectivity index is 2.77. The number of ether oxygens (including phenoxy) is 6. The van der Waals surface area contributed by atoms with Gasteiger partial charge in [-0.25, -0.2) is 9.18 Å². The molecule has 0 spiro atoms. The Morgan fingerprint density at radius 1 is 1.00 bits per heavy atom. The highest BCUT2D eigenvalue weighted by atomic mass is 19.1. The molecule has 10 heteroatoms. The Morgan fingerprint density at radius 3 is 2.19 bits per heavy atom. The SMILES string of the molecule is COCCOCOc1cc(CC(=O)OO)cc(F)c1OCOCCOC. The van der Waals surface area contributed by atoms with E-state index in [0.717, 1.165) is 6.07 Å². The summed E-state index contributed by atoms with van der Waals surface area (Å²) >= 11 is 0. The molecule has 9 nitrogen and oxygen atoms in total. The molecule has 0 heterocycles. The van der Waals surface area contributed by atoms with E-state index in [1.807, 2.05) is 0 Å². The standard InChI is InChI=1S/C16H23FO9/c1-20-3-5-22-10-24-14-8-12(9-15(18)26-19)7-13(17)16(14)25-11-23-6-4-21-2/h7-8,19H,3-6,9-11H2,1-2H3. The van der Waals surface area contributed by atoms with Gasteiger partial charge < -0.3 is 33.3 Å². The summed E-state index contributed by atoms with van der Waals surface area (Å²) in [5, 5.41) is 8.34. The highest BCUT2D eigenvalue weighted by molar-refractivity contribution is 5.72. The Morgan fingerprint density at radius 2 is 1.62 bits per heavy atom. The summed E-state index contributed by atoms with van der Waals surface area (Å²) in [6.45, 7) is 0.888. The van der Waals surface area contributed by atoms with Crippen molar-refractivity contribution in [1.29, 1.82) is 0 Å². The average molecular weight is 378 g/mol. The molecule has 0 aliphatic carbocycles. The van der Waals surface area contributed by atoms with Crippen LogP contribution in [0.4, 0.5) is 4.39 Å². The second-order valence-electron chi connectivity index (χ2n) is 4.87. The summed E-state index contributed by atoms with van der Waals surface area (Å²) < 4.78 is 44.9. The van der Waals surface area contributed by atoms with Crippen molar-refractivity contribution in [2.24, 2.45) is 0 Å². The van der Waals surface area contributed by atoms with Gasteiger partial charge in [0, 0.05) is 14.2 Å². The molecule has 0 aliphatic heterocycles. The predicted octanol–water partition coefficient (Wildman–Crippen LogP) is 1.38. The molecule has 1 N–H and O–H groups in total. The van der Waals surface area contributed by atoms with Crippen LogP contribution in [0.5, 0.6) is 11.5 Å². The maximum atomic E-state index is 14.3. The molecule has 0 saturated carbocycles.